The molecule has 0 aromatic carbocycles. The Hall–Kier alpha value is -0.740. The Bertz CT molecular complexity index is 506. The van der Waals surface area contributed by atoms with E-state index in [1.165, 1.54) is 0 Å². The van der Waals surface area contributed by atoms with E-state index < -0.39 is 0 Å². The van der Waals surface area contributed by atoms with E-state index in [-0.39, 0.29) is 23.9 Å². The van der Waals surface area contributed by atoms with E-state index >= 15 is 0 Å². The first-order valence-electron chi connectivity index (χ1n) is 9.75. The molecule has 4 heteroatoms. The van der Waals surface area contributed by atoms with Gasteiger partial charge >= 0.3 is 0 Å². The highest BCUT2D eigenvalue weighted by atomic mass is 16.1. The predicted molar refractivity (Wildman–Crippen MR) is 89.1 cm³/mol. The number of carbonyl (C=O) groups is 2. The fraction of sp³-hybridized carbons (Fsp3) is 0.895. The molecule has 2 aliphatic heterocycles. The molecular formula is C19H30N2O2. The van der Waals surface area contributed by atoms with Crippen molar-refractivity contribution in [2.75, 3.05) is 0 Å². The fourth-order valence-electron chi connectivity index (χ4n) is 6.12. The SMILES string of the molecule is CCCC1NC2C(CCC3C2CCC2C(=O)C(CC)NC23)C1=O. The normalized spacial score (nSPS) is 49.0. The number of carbonyl (C=O) groups excluding carboxylic acids is 2. The molecule has 4 aliphatic rings. The number of ketones is 2. The smallest absolute Gasteiger partial charge is 0.154 e. The number of hydrogen-bond donors (Lipinski definition) is 2. The van der Waals surface area contributed by atoms with Crippen LogP contribution in [-0.4, -0.2) is 35.7 Å². The minimum Gasteiger partial charge on any atom is -0.304 e. The molecule has 0 spiro atoms. The van der Waals surface area contributed by atoms with Gasteiger partial charge in [0.05, 0.1) is 12.1 Å². The highest BCUT2D eigenvalue weighted by Crippen LogP contribution is 2.49. The van der Waals surface area contributed by atoms with Gasteiger partial charge in [-0.1, -0.05) is 20.3 Å². The van der Waals surface area contributed by atoms with Crippen molar-refractivity contribution < 1.29 is 9.59 Å². The first-order valence-corrected chi connectivity index (χ1v) is 9.75. The molecule has 23 heavy (non-hydrogen) atoms. The van der Waals surface area contributed by atoms with Crippen LogP contribution in [0.4, 0.5) is 0 Å². The lowest BCUT2D eigenvalue weighted by Gasteiger charge is -2.47. The highest BCUT2D eigenvalue weighted by Gasteiger charge is 2.56. The van der Waals surface area contributed by atoms with Gasteiger partial charge in [-0.05, 0) is 50.4 Å². The first-order chi connectivity index (χ1) is 11.2. The molecule has 4 rings (SSSR count). The van der Waals surface area contributed by atoms with Crippen LogP contribution in [0.3, 0.4) is 0 Å². The van der Waals surface area contributed by atoms with Crippen molar-refractivity contribution in [1.82, 2.24) is 10.6 Å². The van der Waals surface area contributed by atoms with Crippen LogP contribution in [0, 0.1) is 23.7 Å². The zero-order chi connectivity index (χ0) is 16.1. The summed E-state index contributed by atoms with van der Waals surface area (Å²) in [6, 6.07) is 0.908. The third kappa shape index (κ3) is 2.32. The summed E-state index contributed by atoms with van der Waals surface area (Å²) >= 11 is 0. The Kier molecular flexibility index (Phi) is 4.09. The van der Waals surface area contributed by atoms with E-state index in [2.05, 4.69) is 24.5 Å². The maximum absolute atomic E-state index is 12.7. The maximum Gasteiger partial charge on any atom is 0.154 e. The van der Waals surface area contributed by atoms with Crippen molar-refractivity contribution in [1.29, 1.82) is 0 Å². The van der Waals surface area contributed by atoms with Crippen LogP contribution >= 0.6 is 0 Å². The van der Waals surface area contributed by atoms with Gasteiger partial charge in [-0.2, -0.15) is 0 Å². The van der Waals surface area contributed by atoms with Gasteiger partial charge in [0.15, 0.2) is 11.6 Å². The molecule has 2 N–H and O–H groups in total. The van der Waals surface area contributed by atoms with Crippen molar-refractivity contribution >= 4 is 11.6 Å². The van der Waals surface area contributed by atoms with Crippen molar-refractivity contribution in [2.45, 2.75) is 83.0 Å². The molecule has 128 valence electrons. The molecule has 2 saturated heterocycles. The molecule has 8 unspecified atom stereocenters. The van der Waals surface area contributed by atoms with Crippen LogP contribution in [0.2, 0.25) is 0 Å². The Labute approximate surface area is 139 Å². The summed E-state index contributed by atoms with van der Waals surface area (Å²) in [6.07, 6.45) is 7.23. The summed E-state index contributed by atoms with van der Waals surface area (Å²) in [4.78, 5) is 25.2. The lowest BCUT2D eigenvalue weighted by molar-refractivity contribution is -0.125. The van der Waals surface area contributed by atoms with E-state index in [4.69, 9.17) is 0 Å². The lowest BCUT2D eigenvalue weighted by Crippen LogP contribution is -2.54. The molecule has 8 atom stereocenters. The summed E-state index contributed by atoms with van der Waals surface area (Å²) in [6.45, 7) is 4.26. The van der Waals surface area contributed by atoms with Crippen LogP contribution in [0.15, 0.2) is 0 Å². The molecule has 0 aromatic rings. The van der Waals surface area contributed by atoms with Gasteiger partial charge in [-0.15, -0.1) is 0 Å². The Balaban J connectivity index is 1.53. The predicted octanol–water partition coefficient (Wildman–Crippen LogP) is 2.07. The van der Waals surface area contributed by atoms with Gasteiger partial charge in [0.2, 0.25) is 0 Å². The number of hydrogen-bond acceptors (Lipinski definition) is 4. The molecule has 2 heterocycles. The first kappa shape index (κ1) is 15.8. The quantitative estimate of drug-likeness (QED) is 0.836. The molecule has 0 radical (unpaired) electrons. The van der Waals surface area contributed by atoms with Crippen molar-refractivity contribution in [3.63, 3.8) is 0 Å². The zero-order valence-electron chi connectivity index (χ0n) is 14.4. The van der Waals surface area contributed by atoms with Crippen molar-refractivity contribution in [2.24, 2.45) is 23.7 Å². The molecule has 2 saturated carbocycles. The Morgan fingerprint density at radius 3 is 1.87 bits per heavy atom. The minimum atomic E-state index is 0.0764. The molecule has 4 fully saturated rings. The summed E-state index contributed by atoms with van der Waals surface area (Å²) in [5.41, 5.74) is 0. The van der Waals surface area contributed by atoms with Gasteiger partial charge in [-0.25, -0.2) is 0 Å². The van der Waals surface area contributed by atoms with Gasteiger partial charge in [0.25, 0.3) is 0 Å². The second kappa shape index (κ2) is 5.96. The summed E-state index contributed by atoms with van der Waals surface area (Å²) in [5.74, 6) is 2.56. The van der Waals surface area contributed by atoms with Crippen LogP contribution in [-0.2, 0) is 9.59 Å². The largest absolute Gasteiger partial charge is 0.304 e. The molecule has 0 aromatic heterocycles. The van der Waals surface area contributed by atoms with E-state index in [1.54, 1.807) is 0 Å². The maximum atomic E-state index is 12.7. The fourth-order valence-corrected chi connectivity index (χ4v) is 6.12. The zero-order valence-corrected chi connectivity index (χ0v) is 14.4. The second-order valence-electron chi connectivity index (χ2n) is 8.19. The summed E-state index contributed by atoms with van der Waals surface area (Å²) in [7, 11) is 0. The second-order valence-corrected chi connectivity index (χ2v) is 8.19. The topological polar surface area (TPSA) is 58.2 Å². The van der Waals surface area contributed by atoms with Crippen molar-refractivity contribution in [3.8, 4) is 0 Å². The van der Waals surface area contributed by atoms with E-state index in [1.807, 2.05) is 0 Å². The lowest BCUT2D eigenvalue weighted by atomic mass is 9.60. The number of fused-ring (bicyclic) bond motifs is 5. The van der Waals surface area contributed by atoms with Gasteiger partial charge in [0, 0.05) is 23.9 Å². The third-order valence-corrected chi connectivity index (χ3v) is 7.15. The standard InChI is InChI=1S/C19H30N2O2/c1-3-5-15-19(23)13-9-7-10-11(17(13)21-15)6-8-12-16(10)20-14(4-2)18(12)22/h10-17,20-21H,3-9H2,1-2H3. The van der Waals surface area contributed by atoms with Gasteiger partial charge < -0.3 is 10.6 Å². The number of rotatable bonds is 3. The van der Waals surface area contributed by atoms with Crippen LogP contribution in [0.5, 0.6) is 0 Å². The molecule has 0 bridgehead atoms. The third-order valence-electron chi connectivity index (χ3n) is 7.15. The minimum absolute atomic E-state index is 0.0764. The van der Waals surface area contributed by atoms with Crippen LogP contribution < -0.4 is 10.6 Å². The average Bonchev–Trinajstić information content (AvgIpc) is 3.06. The average molecular weight is 318 g/mol. The van der Waals surface area contributed by atoms with Crippen LogP contribution in [0.25, 0.3) is 0 Å². The molecular weight excluding hydrogens is 288 g/mol. The highest BCUT2D eigenvalue weighted by molar-refractivity contribution is 5.90. The van der Waals surface area contributed by atoms with Crippen LogP contribution in [0.1, 0.15) is 58.8 Å². The monoisotopic (exact) mass is 318 g/mol. The molecule has 4 nitrogen and oxygen atoms in total. The Morgan fingerprint density at radius 2 is 1.35 bits per heavy atom. The number of Topliss-reactive ketones (excluding diaryl/α,β-unsaturated/α-hetero) is 2. The molecule has 2 aliphatic carbocycles. The summed E-state index contributed by atoms with van der Waals surface area (Å²) in [5, 5.41) is 7.35. The number of nitrogens with one attached hydrogen (secondary N) is 2. The van der Waals surface area contributed by atoms with E-state index in [0.717, 1.165) is 44.9 Å². The van der Waals surface area contributed by atoms with Gasteiger partial charge in [0.1, 0.15) is 0 Å². The van der Waals surface area contributed by atoms with Gasteiger partial charge in [-0.3, -0.25) is 9.59 Å². The van der Waals surface area contributed by atoms with E-state index in [0.29, 0.717) is 35.5 Å². The Morgan fingerprint density at radius 1 is 0.826 bits per heavy atom. The van der Waals surface area contributed by atoms with E-state index in [9.17, 15) is 9.59 Å². The summed E-state index contributed by atoms with van der Waals surface area (Å²) < 4.78 is 0. The molecule has 0 amide bonds. The van der Waals surface area contributed by atoms with Crippen molar-refractivity contribution in [3.05, 3.63) is 0 Å².